The number of rotatable bonds is 6. The molecule has 60 heavy (non-hydrogen) atoms. The molecular formula is C57H59BN2. The zero-order chi connectivity index (χ0) is 42.4. The molecule has 300 valence electrons. The molecule has 0 saturated heterocycles. The largest absolute Gasteiger partial charge is 0.311 e. The fourth-order valence-electron chi connectivity index (χ4n) is 9.73. The van der Waals surface area contributed by atoms with Gasteiger partial charge in [0.1, 0.15) is 0 Å². The Hall–Kier alpha value is -5.80. The van der Waals surface area contributed by atoms with Gasteiger partial charge in [-0.3, -0.25) is 0 Å². The zero-order valence-electron chi connectivity index (χ0n) is 37.5. The van der Waals surface area contributed by atoms with Crippen LogP contribution in [0.1, 0.15) is 108 Å². The predicted octanol–water partition coefficient (Wildman–Crippen LogP) is 13.3. The second-order valence-corrected chi connectivity index (χ2v) is 20.4. The Kier molecular flexibility index (Phi) is 9.36. The SMILES string of the molecule is Cc1cc2c3c(c1)N(c1ccc(C(C)(C)c4ccccc4)cc1)c1ccc(C(C)(C)C)cc1B3c1cc(C(C)(C)C)ccc1N2c1ccc(C(C)(C)c2ccccc2)cc1. The van der Waals surface area contributed by atoms with Gasteiger partial charge < -0.3 is 9.80 Å². The summed E-state index contributed by atoms with van der Waals surface area (Å²) in [5.41, 5.74) is 20.3. The molecule has 9 rings (SSSR count). The van der Waals surface area contributed by atoms with Crippen LogP contribution in [0.3, 0.4) is 0 Å². The van der Waals surface area contributed by atoms with Crippen LogP contribution < -0.4 is 26.2 Å². The first-order valence-electron chi connectivity index (χ1n) is 21.8. The molecular weight excluding hydrogens is 723 g/mol. The molecule has 0 amide bonds. The van der Waals surface area contributed by atoms with E-state index in [2.05, 4.69) is 244 Å². The highest BCUT2D eigenvalue weighted by Crippen LogP contribution is 2.46. The number of aryl methyl sites for hydroxylation is 1. The Morgan fingerprint density at radius 1 is 0.350 bits per heavy atom. The first-order chi connectivity index (χ1) is 28.4. The van der Waals surface area contributed by atoms with Crippen molar-refractivity contribution >= 4 is 57.2 Å². The molecule has 0 aliphatic carbocycles. The fourth-order valence-corrected chi connectivity index (χ4v) is 9.73. The van der Waals surface area contributed by atoms with Gasteiger partial charge in [-0.2, -0.15) is 0 Å². The van der Waals surface area contributed by atoms with E-state index < -0.39 is 0 Å². The van der Waals surface area contributed by atoms with Crippen molar-refractivity contribution in [2.75, 3.05) is 9.80 Å². The van der Waals surface area contributed by atoms with Crippen molar-refractivity contribution in [3.63, 3.8) is 0 Å². The lowest BCUT2D eigenvalue weighted by atomic mass is 9.33. The van der Waals surface area contributed by atoms with Gasteiger partial charge in [0.25, 0.3) is 6.71 Å². The van der Waals surface area contributed by atoms with Crippen LogP contribution in [0.25, 0.3) is 0 Å². The smallest absolute Gasteiger partial charge is 0.252 e. The summed E-state index contributed by atoms with van der Waals surface area (Å²) in [7, 11) is 0. The molecule has 0 saturated carbocycles. The molecule has 0 N–H and O–H groups in total. The summed E-state index contributed by atoms with van der Waals surface area (Å²) in [6.07, 6.45) is 0. The first-order valence-corrected chi connectivity index (χ1v) is 21.8. The van der Waals surface area contributed by atoms with E-state index in [-0.39, 0.29) is 28.4 Å². The fraction of sp³-hybridized carbons (Fsp3) is 0.263. The van der Waals surface area contributed by atoms with Gasteiger partial charge in [-0.1, -0.05) is 178 Å². The molecule has 0 aromatic heterocycles. The first kappa shape index (κ1) is 39.7. The van der Waals surface area contributed by atoms with Crippen LogP contribution in [-0.2, 0) is 21.7 Å². The maximum atomic E-state index is 2.55. The second-order valence-electron chi connectivity index (χ2n) is 20.4. The van der Waals surface area contributed by atoms with Gasteiger partial charge in [0.15, 0.2) is 0 Å². The molecule has 2 aliphatic heterocycles. The zero-order valence-corrected chi connectivity index (χ0v) is 37.5. The normalized spacial score (nSPS) is 13.8. The monoisotopic (exact) mass is 782 g/mol. The Bertz CT molecular complexity index is 2530. The molecule has 0 spiro atoms. The van der Waals surface area contributed by atoms with Crippen molar-refractivity contribution in [2.45, 2.75) is 97.8 Å². The van der Waals surface area contributed by atoms with Crippen molar-refractivity contribution < 1.29 is 0 Å². The summed E-state index contributed by atoms with van der Waals surface area (Å²) in [6, 6.07) is 59.9. The third kappa shape index (κ3) is 6.58. The molecule has 7 aromatic carbocycles. The van der Waals surface area contributed by atoms with Crippen LogP contribution in [-0.4, -0.2) is 6.71 Å². The maximum absolute atomic E-state index is 2.55. The van der Waals surface area contributed by atoms with Crippen LogP contribution in [0.4, 0.5) is 34.1 Å². The van der Waals surface area contributed by atoms with Crippen molar-refractivity contribution in [2.24, 2.45) is 0 Å². The van der Waals surface area contributed by atoms with Crippen molar-refractivity contribution in [1.29, 1.82) is 0 Å². The van der Waals surface area contributed by atoms with E-state index in [1.165, 1.54) is 89.5 Å². The summed E-state index contributed by atoms with van der Waals surface area (Å²) in [6.45, 7) is 25.7. The Morgan fingerprint density at radius 2 is 0.683 bits per heavy atom. The van der Waals surface area contributed by atoms with Gasteiger partial charge in [0, 0.05) is 45.0 Å². The van der Waals surface area contributed by atoms with Crippen molar-refractivity contribution in [1.82, 2.24) is 0 Å². The molecule has 2 aliphatic rings. The lowest BCUT2D eigenvalue weighted by molar-refractivity contribution is 0.590. The van der Waals surface area contributed by atoms with E-state index in [1.807, 2.05) is 0 Å². The number of hydrogen-bond donors (Lipinski definition) is 0. The number of benzene rings is 7. The van der Waals surface area contributed by atoms with Gasteiger partial charge in [-0.05, 0) is 122 Å². The van der Waals surface area contributed by atoms with E-state index in [4.69, 9.17) is 0 Å². The van der Waals surface area contributed by atoms with Crippen LogP contribution in [0.5, 0.6) is 0 Å². The molecule has 0 fully saturated rings. The van der Waals surface area contributed by atoms with E-state index >= 15 is 0 Å². The Morgan fingerprint density at radius 3 is 1.03 bits per heavy atom. The molecule has 0 unspecified atom stereocenters. The highest BCUT2D eigenvalue weighted by atomic mass is 15.2. The average molecular weight is 783 g/mol. The second kappa shape index (κ2) is 14.2. The van der Waals surface area contributed by atoms with Crippen LogP contribution in [0.2, 0.25) is 0 Å². The molecule has 2 nitrogen and oxygen atoms in total. The lowest BCUT2D eigenvalue weighted by Gasteiger charge is -2.45. The number of hydrogen-bond acceptors (Lipinski definition) is 2. The quantitative estimate of drug-likeness (QED) is 0.155. The van der Waals surface area contributed by atoms with E-state index in [0.29, 0.717) is 0 Å². The van der Waals surface area contributed by atoms with Gasteiger partial charge in [-0.25, -0.2) is 0 Å². The van der Waals surface area contributed by atoms with Crippen LogP contribution in [0, 0.1) is 6.92 Å². The standard InChI is InChI=1S/C57H59BN2/c1-38-34-51-53-52(35-38)60(46-30-24-42(25-31-46)57(10,11)40-20-16-13-17-21-40)50-33-27-44(55(5,6)7)37-48(50)58(53)47-36-43(54(2,3)4)26-32-49(47)59(51)45-28-22-41(23-29-45)56(8,9)39-18-14-12-15-19-39/h12-37H,1-11H3. The minimum Gasteiger partial charge on any atom is -0.311 e. The summed E-state index contributed by atoms with van der Waals surface area (Å²) in [5.74, 6) is 0. The highest BCUT2D eigenvalue weighted by Gasteiger charge is 2.44. The summed E-state index contributed by atoms with van der Waals surface area (Å²) < 4.78 is 0. The maximum Gasteiger partial charge on any atom is 0.252 e. The molecule has 7 aromatic rings. The van der Waals surface area contributed by atoms with Crippen LogP contribution >= 0.6 is 0 Å². The summed E-state index contributed by atoms with van der Waals surface area (Å²) >= 11 is 0. The minimum atomic E-state index is -0.129. The van der Waals surface area contributed by atoms with Crippen LogP contribution in [0.15, 0.2) is 158 Å². The Balaban J connectivity index is 1.27. The summed E-state index contributed by atoms with van der Waals surface area (Å²) in [4.78, 5) is 5.09. The predicted molar refractivity (Wildman–Crippen MR) is 260 cm³/mol. The molecule has 0 atom stereocenters. The Labute approximate surface area is 360 Å². The van der Waals surface area contributed by atoms with E-state index in [9.17, 15) is 0 Å². The van der Waals surface area contributed by atoms with E-state index in [0.717, 1.165) is 0 Å². The van der Waals surface area contributed by atoms with Crippen molar-refractivity contribution in [3.05, 3.63) is 197 Å². The number of anilines is 6. The lowest BCUT2D eigenvalue weighted by Crippen LogP contribution is -2.61. The molecule has 0 bridgehead atoms. The number of fused-ring (bicyclic) bond motifs is 4. The van der Waals surface area contributed by atoms with Gasteiger partial charge in [0.2, 0.25) is 0 Å². The molecule has 3 heteroatoms. The topological polar surface area (TPSA) is 6.48 Å². The molecule has 2 heterocycles. The number of nitrogens with zero attached hydrogens (tertiary/aromatic N) is 2. The van der Waals surface area contributed by atoms with E-state index in [1.54, 1.807) is 0 Å². The van der Waals surface area contributed by atoms with Crippen molar-refractivity contribution in [3.8, 4) is 0 Å². The molecule has 0 radical (unpaired) electrons. The summed E-state index contributed by atoms with van der Waals surface area (Å²) in [5, 5.41) is 0. The third-order valence-corrected chi connectivity index (χ3v) is 13.6. The third-order valence-electron chi connectivity index (χ3n) is 13.6. The minimum absolute atomic E-state index is 0.00697. The van der Waals surface area contributed by atoms with Gasteiger partial charge in [0.05, 0.1) is 0 Å². The average Bonchev–Trinajstić information content (AvgIpc) is 3.23. The highest BCUT2D eigenvalue weighted by molar-refractivity contribution is 7.00. The van der Waals surface area contributed by atoms with Gasteiger partial charge in [-0.15, -0.1) is 0 Å². The van der Waals surface area contributed by atoms with Gasteiger partial charge >= 0.3 is 0 Å².